The van der Waals surface area contributed by atoms with Crippen LogP contribution in [0.4, 0.5) is 13.2 Å². The molecule has 1 aliphatic heterocycles. The van der Waals surface area contributed by atoms with Crippen LogP contribution >= 0.6 is 0 Å². The molecule has 1 heterocycles. The largest absolute Gasteiger partial charge is 0.573 e. The van der Waals surface area contributed by atoms with E-state index in [1.165, 1.54) is 24.3 Å². The molecule has 1 aliphatic rings. The summed E-state index contributed by atoms with van der Waals surface area (Å²) in [5.74, 6) is -0.367. The summed E-state index contributed by atoms with van der Waals surface area (Å²) < 4.78 is 45.6. The van der Waals surface area contributed by atoms with Crippen LogP contribution in [0.3, 0.4) is 0 Å². The lowest BCUT2D eigenvalue weighted by atomic mass is 9.95. The van der Waals surface area contributed by atoms with Crippen molar-refractivity contribution >= 4 is 23.8 Å². The molecule has 0 radical (unpaired) electrons. The number of methoxy groups -OCH3 is 1. The number of piperidine rings is 1. The van der Waals surface area contributed by atoms with E-state index in [0.29, 0.717) is 38.0 Å². The van der Waals surface area contributed by atoms with Gasteiger partial charge in [-0.3, -0.25) is 14.4 Å². The second-order valence-electron chi connectivity index (χ2n) is 8.72. The third-order valence-electron chi connectivity index (χ3n) is 6.00. The Morgan fingerprint density at radius 3 is 2.39 bits per heavy atom. The highest BCUT2D eigenvalue weighted by Gasteiger charge is 2.31. The second kappa shape index (κ2) is 13.5. The molecule has 8 nitrogen and oxygen atoms in total. The second-order valence-corrected chi connectivity index (χ2v) is 8.72. The van der Waals surface area contributed by atoms with Gasteiger partial charge in [0.15, 0.2) is 0 Å². The molecule has 0 bridgehead atoms. The lowest BCUT2D eigenvalue weighted by molar-refractivity contribution is -0.274. The van der Waals surface area contributed by atoms with Gasteiger partial charge in [0.1, 0.15) is 11.5 Å². The smallest absolute Gasteiger partial charge is 0.497 e. The summed E-state index contributed by atoms with van der Waals surface area (Å²) in [7, 11) is 1.59. The van der Waals surface area contributed by atoms with Crippen molar-refractivity contribution < 1.29 is 37.0 Å². The summed E-state index contributed by atoms with van der Waals surface area (Å²) in [6, 6.07) is 12.5. The number of alkyl halides is 3. The first-order chi connectivity index (χ1) is 18.1. The molecule has 3 rings (SSSR count). The van der Waals surface area contributed by atoms with Gasteiger partial charge in [-0.2, -0.15) is 0 Å². The first-order valence-corrected chi connectivity index (χ1v) is 12.1. The third kappa shape index (κ3) is 9.45. The molecule has 0 aliphatic carbocycles. The lowest BCUT2D eigenvalue weighted by Crippen LogP contribution is -2.43. The summed E-state index contributed by atoms with van der Waals surface area (Å²) in [5.41, 5.74) is 1.46. The minimum absolute atomic E-state index is 0.0403. The molecule has 3 amide bonds. The number of carbonyl (C=O) groups is 3. The maximum atomic E-state index is 12.5. The van der Waals surface area contributed by atoms with E-state index in [9.17, 15) is 27.6 Å². The molecule has 1 fully saturated rings. The Bertz CT molecular complexity index is 1130. The number of hydrogen-bond acceptors (Lipinski definition) is 5. The summed E-state index contributed by atoms with van der Waals surface area (Å²) in [6.45, 7) is 1.48. The van der Waals surface area contributed by atoms with Crippen molar-refractivity contribution in [1.82, 2.24) is 15.5 Å². The number of nitrogens with one attached hydrogen (secondary N) is 2. The number of halogens is 3. The molecule has 0 saturated carbocycles. The Labute approximate surface area is 218 Å². The van der Waals surface area contributed by atoms with E-state index in [1.807, 2.05) is 24.3 Å². The normalized spacial score (nSPS) is 14.3. The van der Waals surface area contributed by atoms with Gasteiger partial charge in [-0.25, -0.2) is 0 Å². The summed E-state index contributed by atoms with van der Waals surface area (Å²) in [6.07, 6.45) is -0.833. The monoisotopic (exact) mass is 533 g/mol. The van der Waals surface area contributed by atoms with Crippen LogP contribution < -0.4 is 20.1 Å². The SMILES string of the molecule is COc1cccc(CNC(=O)C2CCN(C(=O)CCNC(=O)/C=C/c3ccc(OC(F)(F)F)cc3)CC2)c1. The first kappa shape index (κ1) is 28.5. The quantitative estimate of drug-likeness (QED) is 0.455. The van der Waals surface area contributed by atoms with Crippen LogP contribution in [-0.2, 0) is 20.9 Å². The van der Waals surface area contributed by atoms with Crippen LogP contribution in [0.1, 0.15) is 30.4 Å². The number of likely N-dealkylation sites (tertiary alicyclic amines) is 1. The molecule has 11 heteroatoms. The van der Waals surface area contributed by atoms with E-state index in [0.717, 1.165) is 23.4 Å². The molecule has 2 aromatic carbocycles. The van der Waals surface area contributed by atoms with Gasteiger partial charge in [0.05, 0.1) is 7.11 Å². The summed E-state index contributed by atoms with van der Waals surface area (Å²) in [5, 5.41) is 5.56. The van der Waals surface area contributed by atoms with Gasteiger partial charge < -0.3 is 25.0 Å². The zero-order chi connectivity index (χ0) is 27.5. The highest BCUT2D eigenvalue weighted by Crippen LogP contribution is 2.23. The predicted octanol–water partition coefficient (Wildman–Crippen LogP) is 3.67. The van der Waals surface area contributed by atoms with Crippen molar-refractivity contribution in [2.45, 2.75) is 32.2 Å². The highest BCUT2D eigenvalue weighted by atomic mass is 19.4. The highest BCUT2D eigenvalue weighted by molar-refractivity contribution is 5.92. The van der Waals surface area contributed by atoms with Crippen molar-refractivity contribution in [2.75, 3.05) is 26.7 Å². The third-order valence-corrected chi connectivity index (χ3v) is 6.00. The van der Waals surface area contributed by atoms with Gasteiger partial charge in [0, 0.05) is 44.6 Å². The molecule has 204 valence electrons. The van der Waals surface area contributed by atoms with Gasteiger partial charge in [0.25, 0.3) is 0 Å². The fourth-order valence-corrected chi connectivity index (χ4v) is 3.97. The average Bonchev–Trinajstić information content (AvgIpc) is 2.90. The van der Waals surface area contributed by atoms with Gasteiger partial charge in [-0.1, -0.05) is 24.3 Å². The molecule has 0 aromatic heterocycles. The predicted molar refractivity (Wildman–Crippen MR) is 134 cm³/mol. The fourth-order valence-electron chi connectivity index (χ4n) is 3.97. The maximum absolute atomic E-state index is 12.5. The Hall–Kier alpha value is -4.02. The molecular weight excluding hydrogens is 503 g/mol. The van der Waals surface area contributed by atoms with E-state index >= 15 is 0 Å². The topological polar surface area (TPSA) is 97.0 Å². The number of nitrogens with zero attached hydrogens (tertiary/aromatic N) is 1. The van der Waals surface area contributed by atoms with Crippen molar-refractivity contribution in [3.8, 4) is 11.5 Å². The molecule has 1 saturated heterocycles. The number of carbonyl (C=O) groups excluding carboxylic acids is 3. The van der Waals surface area contributed by atoms with Gasteiger partial charge >= 0.3 is 6.36 Å². The minimum atomic E-state index is -4.77. The van der Waals surface area contributed by atoms with E-state index in [4.69, 9.17) is 4.74 Å². The van der Waals surface area contributed by atoms with Crippen molar-refractivity contribution in [3.05, 3.63) is 65.7 Å². The molecule has 2 N–H and O–H groups in total. The van der Waals surface area contributed by atoms with Gasteiger partial charge in [0.2, 0.25) is 17.7 Å². The van der Waals surface area contributed by atoms with Gasteiger partial charge in [-0.15, -0.1) is 13.2 Å². The van der Waals surface area contributed by atoms with E-state index in [-0.39, 0.29) is 36.4 Å². The number of hydrogen-bond donors (Lipinski definition) is 2. The van der Waals surface area contributed by atoms with Crippen LogP contribution in [0.5, 0.6) is 11.5 Å². The van der Waals surface area contributed by atoms with Crippen molar-refractivity contribution in [3.63, 3.8) is 0 Å². The first-order valence-electron chi connectivity index (χ1n) is 12.1. The number of ether oxygens (including phenoxy) is 2. The Morgan fingerprint density at radius 1 is 1.03 bits per heavy atom. The van der Waals surface area contributed by atoms with Crippen LogP contribution in [0.15, 0.2) is 54.6 Å². The molecule has 0 spiro atoms. The van der Waals surface area contributed by atoms with Crippen LogP contribution in [0.2, 0.25) is 0 Å². The maximum Gasteiger partial charge on any atom is 0.573 e. The number of amides is 3. The number of rotatable bonds is 10. The standard InChI is InChI=1S/C27H30F3N3O5/c1-37-23-4-2-3-20(17-23)18-32-26(36)21-12-15-33(16-13-21)25(35)11-14-31-24(34)10-7-19-5-8-22(9-6-19)38-27(28,29)30/h2-10,17,21H,11-16,18H2,1H3,(H,31,34)(H,32,36)/b10-7+. The summed E-state index contributed by atoms with van der Waals surface area (Å²) >= 11 is 0. The van der Waals surface area contributed by atoms with Crippen molar-refractivity contribution in [1.29, 1.82) is 0 Å². The average molecular weight is 534 g/mol. The summed E-state index contributed by atoms with van der Waals surface area (Å²) in [4.78, 5) is 38.7. The molecule has 2 aromatic rings. The van der Waals surface area contributed by atoms with E-state index < -0.39 is 12.3 Å². The van der Waals surface area contributed by atoms with Crippen LogP contribution in [-0.4, -0.2) is 55.7 Å². The van der Waals surface area contributed by atoms with Crippen LogP contribution in [0, 0.1) is 5.92 Å². The van der Waals surface area contributed by atoms with Crippen LogP contribution in [0.25, 0.3) is 6.08 Å². The lowest BCUT2D eigenvalue weighted by Gasteiger charge is -2.31. The Balaban J connectivity index is 1.33. The molecular formula is C27H30F3N3O5. The molecule has 38 heavy (non-hydrogen) atoms. The zero-order valence-electron chi connectivity index (χ0n) is 20.9. The molecule has 0 atom stereocenters. The van der Waals surface area contributed by atoms with E-state index in [1.54, 1.807) is 12.0 Å². The van der Waals surface area contributed by atoms with E-state index in [2.05, 4.69) is 15.4 Å². The zero-order valence-corrected chi connectivity index (χ0v) is 20.9. The van der Waals surface area contributed by atoms with Crippen molar-refractivity contribution in [2.24, 2.45) is 5.92 Å². The number of benzene rings is 2. The minimum Gasteiger partial charge on any atom is -0.497 e. The van der Waals surface area contributed by atoms with Gasteiger partial charge in [-0.05, 0) is 54.3 Å². The Kier molecular flexibility index (Phi) is 10.1. The Morgan fingerprint density at radius 2 is 1.74 bits per heavy atom. The fraction of sp³-hybridized carbons (Fsp3) is 0.370. The molecule has 0 unspecified atom stereocenters.